The fraction of sp³-hybridized carbons (Fsp3) is 0.167. The summed E-state index contributed by atoms with van der Waals surface area (Å²) in [5.74, 6) is 1.02. The van der Waals surface area contributed by atoms with Crippen LogP contribution in [0.2, 0.25) is 0 Å². The van der Waals surface area contributed by atoms with Crippen LogP contribution in [0.1, 0.15) is 5.56 Å². The van der Waals surface area contributed by atoms with E-state index in [0.717, 1.165) is 5.56 Å². The minimum atomic E-state index is -0.135. The van der Waals surface area contributed by atoms with Gasteiger partial charge in [-0.2, -0.15) is 0 Å². The van der Waals surface area contributed by atoms with Crippen LogP contribution >= 0.6 is 0 Å². The third kappa shape index (κ3) is 2.84. The van der Waals surface area contributed by atoms with Crippen molar-refractivity contribution in [3.8, 4) is 5.75 Å². The molecule has 5 nitrogen and oxygen atoms in total. The molecule has 1 amide bonds. The largest absolute Gasteiger partial charge is 0.496 e. The van der Waals surface area contributed by atoms with E-state index in [0.29, 0.717) is 11.7 Å². The number of H-pyrrole nitrogens is 1. The van der Waals surface area contributed by atoms with Crippen LogP contribution in [0.5, 0.6) is 5.75 Å². The molecule has 0 unspecified atom stereocenters. The predicted molar refractivity (Wildman–Crippen MR) is 63.9 cm³/mol. The fourth-order valence-corrected chi connectivity index (χ4v) is 1.53. The van der Waals surface area contributed by atoms with Crippen LogP contribution in [0, 0.1) is 0 Å². The lowest BCUT2D eigenvalue weighted by atomic mass is 10.1. The number of hydrogen-bond donors (Lipinski definition) is 2. The van der Waals surface area contributed by atoms with Crippen molar-refractivity contribution in [3.63, 3.8) is 0 Å². The average molecular weight is 231 g/mol. The molecule has 1 aromatic carbocycles. The van der Waals surface area contributed by atoms with E-state index in [-0.39, 0.29) is 12.3 Å². The molecule has 0 aliphatic rings. The summed E-state index contributed by atoms with van der Waals surface area (Å²) in [7, 11) is 1.59. The number of aromatic nitrogens is 2. The van der Waals surface area contributed by atoms with E-state index in [4.69, 9.17) is 4.74 Å². The topological polar surface area (TPSA) is 67.0 Å². The first-order valence-electron chi connectivity index (χ1n) is 5.20. The van der Waals surface area contributed by atoms with Gasteiger partial charge in [0.2, 0.25) is 11.9 Å². The van der Waals surface area contributed by atoms with Crippen molar-refractivity contribution in [2.24, 2.45) is 0 Å². The highest BCUT2D eigenvalue weighted by Crippen LogP contribution is 2.17. The van der Waals surface area contributed by atoms with E-state index in [1.54, 1.807) is 19.5 Å². The maximum Gasteiger partial charge on any atom is 0.231 e. The van der Waals surface area contributed by atoms with Crippen molar-refractivity contribution < 1.29 is 9.53 Å². The Kier molecular flexibility index (Phi) is 3.40. The highest BCUT2D eigenvalue weighted by molar-refractivity contribution is 5.91. The Labute approximate surface area is 98.8 Å². The summed E-state index contributed by atoms with van der Waals surface area (Å²) in [5, 5.41) is 2.66. The molecule has 0 aliphatic heterocycles. The first-order valence-corrected chi connectivity index (χ1v) is 5.20. The summed E-state index contributed by atoms with van der Waals surface area (Å²) in [6.45, 7) is 0. The van der Waals surface area contributed by atoms with Gasteiger partial charge in [-0.15, -0.1) is 0 Å². The number of carbonyl (C=O) groups excluding carboxylic acids is 1. The normalized spacial score (nSPS) is 9.94. The van der Waals surface area contributed by atoms with Crippen LogP contribution in [-0.2, 0) is 11.2 Å². The molecule has 2 rings (SSSR count). The van der Waals surface area contributed by atoms with Crippen LogP contribution in [0.25, 0.3) is 0 Å². The molecule has 0 fully saturated rings. The predicted octanol–water partition coefficient (Wildman–Crippen LogP) is 1.60. The Hall–Kier alpha value is -2.30. The Bertz CT molecular complexity index is 494. The molecular weight excluding hydrogens is 218 g/mol. The second-order valence-corrected chi connectivity index (χ2v) is 3.47. The van der Waals surface area contributed by atoms with Crippen LogP contribution in [0.15, 0.2) is 36.7 Å². The van der Waals surface area contributed by atoms with Gasteiger partial charge in [0, 0.05) is 18.0 Å². The van der Waals surface area contributed by atoms with Gasteiger partial charge in [0.25, 0.3) is 0 Å². The highest BCUT2D eigenvalue weighted by Gasteiger charge is 2.08. The third-order valence-electron chi connectivity index (χ3n) is 2.30. The van der Waals surface area contributed by atoms with Gasteiger partial charge in [0.05, 0.1) is 13.5 Å². The maximum atomic E-state index is 11.7. The summed E-state index contributed by atoms with van der Waals surface area (Å²) >= 11 is 0. The Balaban J connectivity index is 2.03. The van der Waals surface area contributed by atoms with Gasteiger partial charge in [0.1, 0.15) is 5.75 Å². The summed E-state index contributed by atoms with van der Waals surface area (Å²) in [6.07, 6.45) is 3.49. The molecule has 2 N–H and O–H groups in total. The quantitative estimate of drug-likeness (QED) is 0.839. The molecule has 88 valence electrons. The average Bonchev–Trinajstić information content (AvgIpc) is 2.82. The van der Waals surface area contributed by atoms with Crippen LogP contribution < -0.4 is 10.1 Å². The standard InChI is InChI=1S/C12H13N3O2/c1-17-10-5-3-2-4-9(10)8-11(16)15-12-13-6-7-14-12/h2-7H,8H2,1H3,(H2,13,14,15,16). The number of para-hydroxylation sites is 1. The summed E-state index contributed by atoms with van der Waals surface area (Å²) in [5.41, 5.74) is 0.846. The van der Waals surface area contributed by atoms with Gasteiger partial charge >= 0.3 is 0 Å². The van der Waals surface area contributed by atoms with E-state index in [2.05, 4.69) is 15.3 Å². The van der Waals surface area contributed by atoms with Gasteiger partial charge in [-0.25, -0.2) is 4.98 Å². The van der Waals surface area contributed by atoms with E-state index in [1.807, 2.05) is 24.3 Å². The fourth-order valence-electron chi connectivity index (χ4n) is 1.53. The second kappa shape index (κ2) is 5.16. The molecule has 17 heavy (non-hydrogen) atoms. The number of methoxy groups -OCH3 is 1. The van der Waals surface area contributed by atoms with Crippen LogP contribution in [0.3, 0.4) is 0 Å². The Morgan fingerprint density at radius 2 is 2.29 bits per heavy atom. The number of nitrogens with zero attached hydrogens (tertiary/aromatic N) is 1. The maximum absolute atomic E-state index is 11.7. The molecule has 2 aromatic rings. The number of carbonyl (C=O) groups is 1. The van der Waals surface area contributed by atoms with Crippen molar-refractivity contribution in [1.82, 2.24) is 9.97 Å². The zero-order valence-corrected chi connectivity index (χ0v) is 9.43. The molecule has 5 heteroatoms. The Morgan fingerprint density at radius 1 is 1.47 bits per heavy atom. The molecule has 0 saturated heterocycles. The van der Waals surface area contributed by atoms with Crippen molar-refractivity contribution in [1.29, 1.82) is 0 Å². The summed E-state index contributed by atoms with van der Waals surface area (Å²) < 4.78 is 5.18. The number of benzene rings is 1. The lowest BCUT2D eigenvalue weighted by molar-refractivity contribution is -0.115. The second-order valence-electron chi connectivity index (χ2n) is 3.47. The Morgan fingerprint density at radius 3 is 3.00 bits per heavy atom. The van der Waals surface area contributed by atoms with Crippen molar-refractivity contribution in [2.75, 3.05) is 12.4 Å². The number of ether oxygens (including phenoxy) is 1. The molecule has 0 bridgehead atoms. The van der Waals surface area contributed by atoms with Gasteiger partial charge in [-0.3, -0.25) is 10.1 Å². The van der Waals surface area contributed by atoms with E-state index in [9.17, 15) is 4.79 Å². The van der Waals surface area contributed by atoms with Gasteiger partial charge in [-0.05, 0) is 6.07 Å². The smallest absolute Gasteiger partial charge is 0.231 e. The molecule has 1 heterocycles. The molecule has 0 saturated carbocycles. The van der Waals surface area contributed by atoms with Crippen LogP contribution in [-0.4, -0.2) is 23.0 Å². The minimum absolute atomic E-state index is 0.135. The molecular formula is C12H13N3O2. The molecule has 0 atom stereocenters. The monoisotopic (exact) mass is 231 g/mol. The van der Waals surface area contributed by atoms with Gasteiger partial charge < -0.3 is 9.72 Å². The number of rotatable bonds is 4. The molecule has 0 aliphatic carbocycles. The number of amides is 1. The lowest BCUT2D eigenvalue weighted by Crippen LogP contribution is -2.15. The summed E-state index contributed by atoms with van der Waals surface area (Å²) in [6, 6.07) is 7.43. The highest BCUT2D eigenvalue weighted by atomic mass is 16.5. The lowest BCUT2D eigenvalue weighted by Gasteiger charge is -2.07. The van der Waals surface area contributed by atoms with Crippen LogP contribution in [0.4, 0.5) is 5.95 Å². The van der Waals surface area contributed by atoms with Crippen molar-refractivity contribution in [2.45, 2.75) is 6.42 Å². The first-order chi connectivity index (χ1) is 8.29. The first kappa shape index (κ1) is 11.2. The molecule has 1 aromatic heterocycles. The van der Waals surface area contributed by atoms with E-state index >= 15 is 0 Å². The number of nitrogens with one attached hydrogen (secondary N) is 2. The van der Waals surface area contributed by atoms with Gasteiger partial charge in [-0.1, -0.05) is 18.2 Å². The summed E-state index contributed by atoms with van der Waals surface area (Å²) in [4.78, 5) is 18.5. The third-order valence-corrected chi connectivity index (χ3v) is 2.30. The zero-order chi connectivity index (χ0) is 12.1. The van der Waals surface area contributed by atoms with Crippen molar-refractivity contribution >= 4 is 11.9 Å². The number of imidazole rings is 1. The van der Waals surface area contributed by atoms with E-state index in [1.165, 1.54) is 0 Å². The zero-order valence-electron chi connectivity index (χ0n) is 9.43. The molecule has 0 radical (unpaired) electrons. The minimum Gasteiger partial charge on any atom is -0.496 e. The van der Waals surface area contributed by atoms with Gasteiger partial charge in [0.15, 0.2) is 0 Å². The molecule has 0 spiro atoms. The van der Waals surface area contributed by atoms with Crippen molar-refractivity contribution in [3.05, 3.63) is 42.2 Å². The SMILES string of the molecule is COc1ccccc1CC(=O)Nc1ncc[nH]1. The number of anilines is 1. The number of hydrogen-bond acceptors (Lipinski definition) is 3. The van der Waals surface area contributed by atoms with E-state index < -0.39 is 0 Å². The number of aromatic amines is 1.